The molecule has 2 aromatic heterocycles. The Hall–Kier alpha value is -5.50. The number of hydrogen-bond acceptors (Lipinski definition) is 10. The van der Waals surface area contributed by atoms with E-state index in [0.717, 1.165) is 81.3 Å². The molecular weight excluding hydrogens is 1120 g/mol. The van der Waals surface area contributed by atoms with Crippen LogP contribution in [-0.4, -0.2) is 44.0 Å². The lowest BCUT2D eigenvalue weighted by Gasteiger charge is -2.22. The summed E-state index contributed by atoms with van der Waals surface area (Å²) in [6.07, 6.45) is 11.1. The van der Waals surface area contributed by atoms with Crippen LogP contribution >= 0.6 is 69.4 Å². The number of benzene rings is 7. The summed E-state index contributed by atoms with van der Waals surface area (Å²) in [4.78, 5) is 6.73. The van der Waals surface area contributed by atoms with Crippen LogP contribution in [0.1, 0.15) is 49.5 Å². The van der Waals surface area contributed by atoms with E-state index in [-0.39, 0.29) is 11.5 Å². The van der Waals surface area contributed by atoms with E-state index in [2.05, 4.69) is 137 Å². The number of fused-ring (bicyclic) bond motifs is 8. The zero-order valence-electron chi connectivity index (χ0n) is 42.3. The Bertz CT molecular complexity index is 4100. The number of aryl methyl sites for hydroxylation is 2. The van der Waals surface area contributed by atoms with E-state index in [1.165, 1.54) is 31.6 Å². The van der Waals surface area contributed by atoms with Crippen LogP contribution in [0.25, 0.3) is 54.1 Å². The van der Waals surface area contributed by atoms with Gasteiger partial charge in [-0.25, -0.2) is 0 Å². The van der Waals surface area contributed by atoms with Crippen LogP contribution in [0.4, 0.5) is 17.1 Å². The number of nitrogens with zero attached hydrogens (tertiary/aromatic N) is 4. The van der Waals surface area contributed by atoms with Gasteiger partial charge >= 0.3 is 0 Å². The largest absolute Gasteiger partial charge is 0.334 e. The zero-order chi connectivity index (χ0) is 54.0. The number of aromatic nitrogens is 2. The Morgan fingerprint density at radius 3 is 1.92 bits per heavy atom. The summed E-state index contributed by atoms with van der Waals surface area (Å²) in [5, 5.41) is 10.4. The first kappa shape index (κ1) is 54.8. The standard InChI is InChI=1S/C31H28N2O3S3.C28H24Cl2N2O3S3/c1-3-21(19-28-32(2)30-24-11-6-4-9-22(24)13-15-26(30)37-28)20-29-33(17-8-18-39(34,35)36)31-25-12-7-5-10-23(25)14-16-27(31)38-29;1-2-19(15-27-31(13-6-14-38(33,34)35)23-17-20(29)9-11-25(23)36-27)16-28-32(22-7-4-3-5-8-22)24-18-21(30)10-12-26(24)37-28/h4-7,9-16,19-20H,3,8,17-18H2,1-2H3;3-5,7-12,15-18H,2,6,13-14H2,1H3/p+2. The van der Waals surface area contributed by atoms with Crippen molar-refractivity contribution in [3.63, 3.8) is 0 Å². The molecule has 0 spiro atoms. The van der Waals surface area contributed by atoms with Gasteiger partial charge in [-0.05, 0) is 114 Å². The third kappa shape index (κ3) is 12.5. The Morgan fingerprint density at radius 1 is 0.623 bits per heavy atom. The molecule has 0 atom stereocenters. The summed E-state index contributed by atoms with van der Waals surface area (Å²) in [6, 6.07) is 47.3. The lowest BCUT2D eigenvalue weighted by molar-refractivity contribution is -0.668. The molecule has 77 heavy (non-hydrogen) atoms. The van der Waals surface area contributed by atoms with Gasteiger partial charge in [-0.2, -0.15) is 26.0 Å². The van der Waals surface area contributed by atoms with Crippen LogP contribution in [0.3, 0.4) is 0 Å². The fraction of sp³-hybridized carbons (Fsp3) is 0.186. The molecule has 0 fully saturated rings. The number of rotatable bonds is 15. The van der Waals surface area contributed by atoms with Crippen molar-refractivity contribution in [2.45, 2.75) is 55.9 Å². The maximum atomic E-state index is 11.5. The van der Waals surface area contributed by atoms with Gasteiger partial charge in [-0.1, -0.05) is 156 Å². The SMILES string of the molecule is CCC(/C=C1\Sc2ccc(Cl)cc2N1c1ccccc1)=C\c1sc2ccc(Cl)cc2[n+]1CCCS(=O)(=O)O.CCC(=Cc1sc2ccc3ccccc3c2[n+]1C)C=C1Sc2ccc3ccccc3c2N1CCCS(=O)(=O)O. The van der Waals surface area contributed by atoms with Crippen molar-refractivity contribution in [2.24, 2.45) is 7.05 Å². The van der Waals surface area contributed by atoms with Crippen LogP contribution in [0, 0.1) is 0 Å². The average molecular weight is 1180 g/mol. The van der Waals surface area contributed by atoms with Gasteiger partial charge in [0.1, 0.15) is 16.4 Å². The minimum Gasteiger partial charge on any atom is -0.334 e. The summed E-state index contributed by atoms with van der Waals surface area (Å²) >= 11 is 19.5. The summed E-state index contributed by atoms with van der Waals surface area (Å²) in [6.45, 7) is 5.22. The highest BCUT2D eigenvalue weighted by atomic mass is 35.5. The molecule has 2 aliphatic rings. The van der Waals surface area contributed by atoms with E-state index in [1.54, 1.807) is 46.2 Å². The van der Waals surface area contributed by atoms with Gasteiger partial charge in [0.2, 0.25) is 11.0 Å². The molecule has 4 heterocycles. The van der Waals surface area contributed by atoms with Crippen molar-refractivity contribution in [2.75, 3.05) is 27.9 Å². The highest BCUT2D eigenvalue weighted by Crippen LogP contribution is 2.52. The molecule has 2 aliphatic heterocycles. The Balaban J connectivity index is 0.000000175. The van der Waals surface area contributed by atoms with Gasteiger partial charge < -0.3 is 9.80 Å². The van der Waals surface area contributed by atoms with Crippen molar-refractivity contribution >= 4 is 161 Å². The maximum absolute atomic E-state index is 11.5. The number of thiazole rings is 2. The Labute approximate surface area is 475 Å². The van der Waals surface area contributed by atoms with Gasteiger partial charge in [0.15, 0.2) is 6.54 Å². The predicted octanol–water partition coefficient (Wildman–Crippen LogP) is 15.9. The Kier molecular flexibility index (Phi) is 16.7. The molecule has 0 radical (unpaired) electrons. The summed E-state index contributed by atoms with van der Waals surface area (Å²) < 4.78 is 70.9. The molecule has 0 bridgehead atoms. The molecule has 0 unspecified atom stereocenters. The summed E-state index contributed by atoms with van der Waals surface area (Å²) in [7, 11) is -5.93. The van der Waals surface area contributed by atoms with Crippen molar-refractivity contribution in [3.8, 4) is 0 Å². The molecule has 0 saturated heterocycles. The first-order chi connectivity index (χ1) is 37.0. The second-order valence-corrected chi connectivity index (χ2v) is 26.8. The second kappa shape index (κ2) is 23.5. The molecule has 2 N–H and O–H groups in total. The van der Waals surface area contributed by atoms with Crippen molar-refractivity contribution in [3.05, 3.63) is 193 Å². The van der Waals surface area contributed by atoms with Gasteiger partial charge in [0.05, 0.1) is 38.3 Å². The van der Waals surface area contributed by atoms with Crippen molar-refractivity contribution in [1.29, 1.82) is 0 Å². The van der Waals surface area contributed by atoms with Crippen molar-refractivity contribution in [1.82, 2.24) is 0 Å². The molecule has 10 nitrogen and oxygen atoms in total. The first-order valence-electron chi connectivity index (χ1n) is 25.0. The molecule has 394 valence electrons. The van der Waals surface area contributed by atoms with E-state index < -0.39 is 20.2 Å². The molecule has 11 rings (SSSR count). The number of allylic oxidation sites excluding steroid dienone is 4. The number of thioether (sulfide) groups is 2. The third-order valence-electron chi connectivity index (χ3n) is 13.3. The smallest absolute Gasteiger partial charge is 0.265 e. The summed E-state index contributed by atoms with van der Waals surface area (Å²) in [5.74, 6) is -0.557. The van der Waals surface area contributed by atoms with E-state index in [0.29, 0.717) is 36.0 Å². The normalized spacial score (nSPS) is 15.1. The van der Waals surface area contributed by atoms with Gasteiger partial charge in [0.25, 0.3) is 30.3 Å². The van der Waals surface area contributed by atoms with Crippen LogP contribution in [0.15, 0.2) is 183 Å². The predicted molar refractivity (Wildman–Crippen MR) is 325 cm³/mol. The fourth-order valence-corrected chi connectivity index (χ4v) is 15.5. The minimum atomic E-state index is -4.04. The fourth-order valence-electron chi connectivity index (χ4n) is 9.60. The van der Waals surface area contributed by atoms with Gasteiger partial charge in [-0.3, -0.25) is 9.11 Å². The van der Waals surface area contributed by atoms with Crippen LogP contribution in [0.5, 0.6) is 0 Å². The van der Waals surface area contributed by atoms with E-state index in [9.17, 15) is 25.9 Å². The number of halogens is 2. The van der Waals surface area contributed by atoms with E-state index >= 15 is 0 Å². The molecular formula is C59H54Cl2N4O6S6+2. The highest BCUT2D eigenvalue weighted by Gasteiger charge is 2.30. The van der Waals surface area contributed by atoms with Crippen LogP contribution in [0.2, 0.25) is 10.0 Å². The van der Waals surface area contributed by atoms with E-state index in [1.807, 2.05) is 66.7 Å². The lowest BCUT2D eigenvalue weighted by atomic mass is 10.1. The van der Waals surface area contributed by atoms with Crippen LogP contribution < -0.4 is 18.9 Å². The van der Waals surface area contributed by atoms with E-state index in [4.69, 9.17) is 23.2 Å². The molecule has 0 aliphatic carbocycles. The summed E-state index contributed by atoms with van der Waals surface area (Å²) in [5.41, 5.74) is 7.71. The van der Waals surface area contributed by atoms with Gasteiger partial charge in [-0.15, -0.1) is 0 Å². The monoisotopic (exact) mass is 1180 g/mol. The minimum absolute atomic E-state index is 0.260. The second-order valence-electron chi connectivity index (χ2n) is 18.5. The molecule has 0 saturated carbocycles. The number of hydrogen-bond donors (Lipinski definition) is 2. The maximum Gasteiger partial charge on any atom is 0.265 e. The van der Waals surface area contributed by atoms with Crippen LogP contribution in [-0.2, 0) is 33.8 Å². The molecule has 7 aromatic carbocycles. The molecule has 18 heteroatoms. The molecule has 0 amide bonds. The highest BCUT2D eigenvalue weighted by molar-refractivity contribution is 8.04. The quantitative estimate of drug-likeness (QED) is 0.0758. The van der Waals surface area contributed by atoms with Crippen molar-refractivity contribution < 1.29 is 35.1 Å². The number of anilines is 3. The topological polar surface area (TPSA) is 123 Å². The molecule has 9 aromatic rings. The number of para-hydroxylation sites is 1. The first-order valence-corrected chi connectivity index (χ1v) is 32.2. The zero-order valence-corrected chi connectivity index (χ0v) is 48.7. The van der Waals surface area contributed by atoms with Gasteiger partial charge in [0, 0.05) is 62.1 Å². The average Bonchev–Trinajstić information content (AvgIpc) is 4.25. The third-order valence-corrected chi connectivity index (χ3v) is 19.8. The lowest BCUT2D eigenvalue weighted by Crippen LogP contribution is -2.36. The Morgan fingerprint density at radius 2 is 1.19 bits per heavy atom.